The monoisotopic (exact) mass is 468 g/mol. The normalized spacial score (nSPS) is 11.3. The molecule has 0 aliphatic heterocycles. The lowest BCUT2D eigenvalue weighted by atomic mass is 9.86. The second-order valence-electron chi connectivity index (χ2n) is 7.02. The van der Waals surface area contributed by atoms with Crippen LogP contribution >= 0.6 is 31.9 Å². The molecule has 0 aliphatic rings. The van der Waals surface area contributed by atoms with E-state index >= 15 is 0 Å². The largest absolute Gasteiger partial charge is 0.482 e. The van der Waals surface area contributed by atoms with Crippen molar-refractivity contribution in [3.63, 3.8) is 0 Å². The van der Waals surface area contributed by atoms with Crippen molar-refractivity contribution < 1.29 is 14.3 Å². The van der Waals surface area contributed by atoms with E-state index in [-0.39, 0.29) is 12.0 Å². The van der Waals surface area contributed by atoms with E-state index in [1.165, 1.54) is 0 Å². The first-order valence-electron chi connectivity index (χ1n) is 7.98. The summed E-state index contributed by atoms with van der Waals surface area (Å²) in [6.07, 6.45) is 0. The third-order valence-electron chi connectivity index (χ3n) is 3.74. The lowest BCUT2D eigenvalue weighted by Crippen LogP contribution is -2.21. The van der Waals surface area contributed by atoms with E-state index in [9.17, 15) is 4.79 Å². The van der Waals surface area contributed by atoms with Gasteiger partial charge in [-0.15, -0.1) is 0 Å². The minimum atomic E-state index is -0.420. The molecule has 0 N–H and O–H groups in total. The van der Waals surface area contributed by atoms with Gasteiger partial charge in [0.15, 0.2) is 6.61 Å². The standard InChI is InChI=1S/C20H22Br2O3/c1-12-8-15(22)9-13(2)19(12)25-18(23)11-24-17-7-6-14(21)10-16(17)20(3,4)5/h6-10H,11H2,1-5H3. The van der Waals surface area contributed by atoms with Crippen molar-refractivity contribution in [2.75, 3.05) is 6.61 Å². The molecule has 0 radical (unpaired) electrons. The first-order chi connectivity index (χ1) is 11.6. The first-order valence-corrected chi connectivity index (χ1v) is 9.57. The van der Waals surface area contributed by atoms with Gasteiger partial charge in [0.05, 0.1) is 0 Å². The average molecular weight is 470 g/mol. The zero-order chi connectivity index (χ0) is 18.8. The predicted molar refractivity (Wildman–Crippen MR) is 108 cm³/mol. The van der Waals surface area contributed by atoms with Crippen LogP contribution in [0.15, 0.2) is 39.3 Å². The van der Waals surface area contributed by atoms with Crippen molar-refractivity contribution in [1.82, 2.24) is 0 Å². The molecule has 2 aromatic carbocycles. The van der Waals surface area contributed by atoms with E-state index in [2.05, 4.69) is 52.6 Å². The molecule has 0 bridgehead atoms. The number of halogens is 2. The van der Waals surface area contributed by atoms with Gasteiger partial charge >= 0.3 is 5.97 Å². The fourth-order valence-corrected chi connectivity index (χ4v) is 3.60. The van der Waals surface area contributed by atoms with E-state index < -0.39 is 5.97 Å². The summed E-state index contributed by atoms with van der Waals surface area (Å²) in [6.45, 7) is 10.00. The maximum absolute atomic E-state index is 12.2. The Morgan fingerprint density at radius 1 is 1.00 bits per heavy atom. The molecule has 2 aromatic rings. The Bertz CT molecular complexity index is 769. The number of carbonyl (C=O) groups excluding carboxylic acids is 1. The van der Waals surface area contributed by atoms with Crippen molar-refractivity contribution in [3.8, 4) is 11.5 Å². The molecular formula is C20H22Br2O3. The number of aryl methyl sites for hydroxylation is 2. The van der Waals surface area contributed by atoms with Crippen molar-refractivity contribution in [2.45, 2.75) is 40.0 Å². The van der Waals surface area contributed by atoms with Crippen LogP contribution in [0.25, 0.3) is 0 Å². The molecule has 0 atom stereocenters. The highest BCUT2D eigenvalue weighted by atomic mass is 79.9. The lowest BCUT2D eigenvalue weighted by molar-refractivity contribution is -0.136. The molecule has 2 rings (SSSR count). The Labute approximate surface area is 166 Å². The molecule has 25 heavy (non-hydrogen) atoms. The van der Waals surface area contributed by atoms with Crippen LogP contribution in [0, 0.1) is 13.8 Å². The van der Waals surface area contributed by atoms with Crippen molar-refractivity contribution in [1.29, 1.82) is 0 Å². The molecule has 0 spiro atoms. The highest BCUT2D eigenvalue weighted by Gasteiger charge is 2.20. The van der Waals surface area contributed by atoms with E-state index in [0.717, 1.165) is 25.6 Å². The van der Waals surface area contributed by atoms with Crippen LogP contribution in [0.4, 0.5) is 0 Å². The van der Waals surface area contributed by atoms with Gasteiger partial charge < -0.3 is 9.47 Å². The van der Waals surface area contributed by atoms with Crippen LogP contribution in [-0.2, 0) is 10.2 Å². The number of esters is 1. The van der Waals surface area contributed by atoms with Gasteiger partial charge in [-0.25, -0.2) is 4.79 Å². The van der Waals surface area contributed by atoms with Gasteiger partial charge in [-0.2, -0.15) is 0 Å². The van der Waals surface area contributed by atoms with Crippen LogP contribution in [0.3, 0.4) is 0 Å². The maximum Gasteiger partial charge on any atom is 0.349 e. The first kappa shape index (κ1) is 20.0. The van der Waals surface area contributed by atoms with Gasteiger partial charge in [-0.05, 0) is 60.7 Å². The summed E-state index contributed by atoms with van der Waals surface area (Å²) in [5, 5.41) is 0. The minimum absolute atomic E-state index is 0.0953. The van der Waals surface area contributed by atoms with Gasteiger partial charge in [0.1, 0.15) is 11.5 Å². The number of hydrogen-bond donors (Lipinski definition) is 0. The predicted octanol–water partition coefficient (Wildman–Crippen LogP) is 6.11. The Balaban J connectivity index is 2.11. The summed E-state index contributed by atoms with van der Waals surface area (Å²) in [5.74, 6) is 0.858. The van der Waals surface area contributed by atoms with Gasteiger partial charge in [-0.1, -0.05) is 52.6 Å². The Morgan fingerprint density at radius 2 is 1.60 bits per heavy atom. The van der Waals surface area contributed by atoms with Crippen LogP contribution in [0.5, 0.6) is 11.5 Å². The molecule has 0 fully saturated rings. The number of ether oxygens (including phenoxy) is 2. The Kier molecular flexibility index (Phi) is 6.33. The van der Waals surface area contributed by atoms with E-state index in [4.69, 9.17) is 9.47 Å². The Morgan fingerprint density at radius 3 is 2.16 bits per heavy atom. The number of hydrogen-bond acceptors (Lipinski definition) is 3. The van der Waals surface area contributed by atoms with Gasteiger partial charge in [0.25, 0.3) is 0 Å². The second-order valence-corrected chi connectivity index (χ2v) is 8.85. The van der Waals surface area contributed by atoms with E-state index in [1.54, 1.807) is 0 Å². The van der Waals surface area contributed by atoms with Gasteiger partial charge in [-0.3, -0.25) is 0 Å². The molecule has 0 saturated heterocycles. The van der Waals surface area contributed by atoms with Gasteiger partial charge in [0, 0.05) is 14.5 Å². The molecule has 0 aromatic heterocycles. The molecule has 3 nitrogen and oxygen atoms in total. The topological polar surface area (TPSA) is 35.5 Å². The maximum atomic E-state index is 12.2. The van der Waals surface area contributed by atoms with E-state index in [0.29, 0.717) is 11.5 Å². The third kappa shape index (κ3) is 5.32. The van der Waals surface area contributed by atoms with Crippen LogP contribution < -0.4 is 9.47 Å². The summed E-state index contributed by atoms with van der Waals surface area (Å²) >= 11 is 6.92. The average Bonchev–Trinajstić information content (AvgIpc) is 2.48. The third-order valence-corrected chi connectivity index (χ3v) is 4.69. The molecule has 0 aliphatic carbocycles. The molecule has 0 amide bonds. The van der Waals surface area contributed by atoms with E-state index in [1.807, 2.05) is 44.2 Å². The number of benzene rings is 2. The molecule has 0 unspecified atom stereocenters. The summed E-state index contributed by atoms with van der Waals surface area (Å²) in [4.78, 5) is 12.2. The van der Waals surface area contributed by atoms with Crippen molar-refractivity contribution >= 4 is 37.8 Å². The second kappa shape index (κ2) is 7.92. The summed E-state index contributed by atoms with van der Waals surface area (Å²) in [6, 6.07) is 9.63. The molecule has 134 valence electrons. The fraction of sp³-hybridized carbons (Fsp3) is 0.350. The summed E-state index contributed by atoms with van der Waals surface area (Å²) in [5.41, 5.74) is 2.74. The number of carbonyl (C=O) groups is 1. The minimum Gasteiger partial charge on any atom is -0.482 e. The zero-order valence-electron chi connectivity index (χ0n) is 15.1. The van der Waals surface area contributed by atoms with Gasteiger partial charge in [0.2, 0.25) is 0 Å². The van der Waals surface area contributed by atoms with Crippen LogP contribution in [0.1, 0.15) is 37.5 Å². The molecular weight excluding hydrogens is 448 g/mol. The molecule has 0 heterocycles. The SMILES string of the molecule is Cc1cc(Br)cc(C)c1OC(=O)COc1ccc(Br)cc1C(C)(C)C. The fourth-order valence-electron chi connectivity index (χ4n) is 2.55. The smallest absolute Gasteiger partial charge is 0.349 e. The number of rotatable bonds is 4. The highest BCUT2D eigenvalue weighted by Crippen LogP contribution is 2.34. The van der Waals surface area contributed by atoms with Crippen LogP contribution in [-0.4, -0.2) is 12.6 Å². The molecule has 0 saturated carbocycles. The summed E-state index contributed by atoms with van der Waals surface area (Å²) < 4.78 is 13.2. The zero-order valence-corrected chi connectivity index (χ0v) is 18.2. The highest BCUT2D eigenvalue weighted by molar-refractivity contribution is 9.10. The van der Waals surface area contributed by atoms with Crippen LogP contribution in [0.2, 0.25) is 0 Å². The molecule has 5 heteroatoms. The van der Waals surface area contributed by atoms with Crippen molar-refractivity contribution in [3.05, 3.63) is 56.0 Å². The lowest BCUT2D eigenvalue weighted by Gasteiger charge is -2.23. The Hall–Kier alpha value is -1.33. The quantitative estimate of drug-likeness (QED) is 0.400. The van der Waals surface area contributed by atoms with Crippen molar-refractivity contribution in [2.24, 2.45) is 0 Å². The summed E-state index contributed by atoms with van der Waals surface area (Å²) in [7, 11) is 0.